The summed E-state index contributed by atoms with van der Waals surface area (Å²) in [5.74, 6) is -0.288. The molecular weight excluding hydrogens is 307 g/mol. The van der Waals surface area contributed by atoms with Gasteiger partial charge < -0.3 is 15.2 Å². The molecule has 2 aromatic rings. The van der Waals surface area contributed by atoms with Crippen LogP contribution < -0.4 is 5.32 Å². The van der Waals surface area contributed by atoms with Gasteiger partial charge in [-0.05, 0) is 43.5 Å². The summed E-state index contributed by atoms with van der Waals surface area (Å²) < 4.78 is 39.3. The third-order valence-electron chi connectivity index (χ3n) is 4.24. The molecule has 1 saturated heterocycles. The van der Waals surface area contributed by atoms with Crippen LogP contribution in [0.3, 0.4) is 0 Å². The molecule has 1 atom stereocenters. The van der Waals surface area contributed by atoms with Crippen molar-refractivity contribution in [1.82, 2.24) is 15.2 Å². The first-order valence-electron chi connectivity index (χ1n) is 7.56. The monoisotopic (exact) mass is 325 g/mol. The van der Waals surface area contributed by atoms with Crippen molar-refractivity contribution >= 4 is 16.9 Å². The third-order valence-corrected chi connectivity index (χ3v) is 4.24. The Balaban J connectivity index is 1.67. The van der Waals surface area contributed by atoms with E-state index in [0.717, 1.165) is 5.52 Å². The lowest BCUT2D eigenvalue weighted by Gasteiger charge is -2.24. The van der Waals surface area contributed by atoms with Crippen molar-refractivity contribution in [3.8, 4) is 0 Å². The summed E-state index contributed by atoms with van der Waals surface area (Å²) in [5, 5.41) is 3.36. The predicted octanol–water partition coefficient (Wildman–Crippen LogP) is 3.55. The number of aromatic amines is 1. The molecule has 0 spiro atoms. The van der Waals surface area contributed by atoms with Crippen molar-refractivity contribution < 1.29 is 18.0 Å². The number of amides is 2. The van der Waals surface area contributed by atoms with E-state index in [-0.39, 0.29) is 12.4 Å². The van der Waals surface area contributed by atoms with Crippen molar-refractivity contribution in [3.63, 3.8) is 0 Å². The van der Waals surface area contributed by atoms with Gasteiger partial charge in [-0.2, -0.15) is 0 Å². The Bertz CT molecular complexity index is 690. The van der Waals surface area contributed by atoms with Crippen molar-refractivity contribution in [2.45, 2.75) is 38.8 Å². The van der Waals surface area contributed by atoms with Crippen LogP contribution in [0.15, 0.2) is 18.2 Å². The molecule has 1 aromatic carbocycles. The van der Waals surface area contributed by atoms with Gasteiger partial charge in [0.25, 0.3) is 6.43 Å². The van der Waals surface area contributed by atoms with Crippen LogP contribution in [0.5, 0.6) is 0 Å². The van der Waals surface area contributed by atoms with E-state index in [1.807, 2.05) is 0 Å². The summed E-state index contributed by atoms with van der Waals surface area (Å²) in [5.41, 5.74) is 2.01. The highest BCUT2D eigenvalue weighted by Gasteiger charge is 2.34. The summed E-state index contributed by atoms with van der Waals surface area (Å²) in [6.45, 7) is 2.20. The van der Waals surface area contributed by atoms with Gasteiger partial charge in [0.05, 0.1) is 12.6 Å². The van der Waals surface area contributed by atoms with Crippen LogP contribution in [0.1, 0.15) is 24.1 Å². The molecular formula is C16H18F3N3O. The number of likely N-dealkylation sites (tertiary alicyclic amines) is 1. The van der Waals surface area contributed by atoms with Gasteiger partial charge in [0, 0.05) is 23.1 Å². The van der Waals surface area contributed by atoms with Gasteiger partial charge in [0.2, 0.25) is 0 Å². The van der Waals surface area contributed by atoms with Crippen LogP contribution in [0.25, 0.3) is 10.9 Å². The van der Waals surface area contributed by atoms with E-state index in [2.05, 4.69) is 10.3 Å². The molecule has 4 nitrogen and oxygen atoms in total. The fourth-order valence-electron chi connectivity index (χ4n) is 3.00. The maximum Gasteiger partial charge on any atom is 0.318 e. The second-order valence-electron chi connectivity index (χ2n) is 5.88. The maximum atomic E-state index is 13.5. The van der Waals surface area contributed by atoms with Gasteiger partial charge in [-0.3, -0.25) is 0 Å². The van der Waals surface area contributed by atoms with Crippen LogP contribution in [0.2, 0.25) is 0 Å². The normalized spacial score (nSPS) is 18.1. The fourth-order valence-corrected chi connectivity index (χ4v) is 3.00. The summed E-state index contributed by atoms with van der Waals surface area (Å²) in [4.78, 5) is 16.4. The predicted molar refractivity (Wildman–Crippen MR) is 81.0 cm³/mol. The summed E-state index contributed by atoms with van der Waals surface area (Å²) in [7, 11) is 0. The zero-order valence-corrected chi connectivity index (χ0v) is 12.7. The molecule has 2 N–H and O–H groups in total. The third kappa shape index (κ3) is 3.13. The first-order chi connectivity index (χ1) is 11.0. The lowest BCUT2D eigenvalue weighted by molar-refractivity contribution is 0.0606. The Labute approximate surface area is 131 Å². The number of aromatic nitrogens is 1. The van der Waals surface area contributed by atoms with E-state index in [1.54, 1.807) is 19.1 Å². The van der Waals surface area contributed by atoms with Gasteiger partial charge >= 0.3 is 6.03 Å². The maximum absolute atomic E-state index is 13.5. The standard InChI is InChI=1S/C16H18F3N3O/c1-9-5-13-10(7-12(9)17)6-11(21-13)8-20-16(23)22-4-2-3-14(22)15(18)19/h5-7,14-15,21H,2-4,8H2,1H3,(H,20,23). The van der Waals surface area contributed by atoms with Crippen LogP contribution in [0, 0.1) is 12.7 Å². The molecule has 1 aromatic heterocycles. The zero-order chi connectivity index (χ0) is 16.6. The van der Waals surface area contributed by atoms with Crippen molar-refractivity contribution in [1.29, 1.82) is 0 Å². The Morgan fingerprint density at radius 2 is 2.22 bits per heavy atom. The number of hydrogen-bond donors (Lipinski definition) is 2. The van der Waals surface area contributed by atoms with Crippen molar-refractivity contribution in [3.05, 3.63) is 35.3 Å². The van der Waals surface area contributed by atoms with Crippen LogP contribution >= 0.6 is 0 Å². The number of nitrogens with zero attached hydrogens (tertiary/aromatic N) is 1. The van der Waals surface area contributed by atoms with Crippen LogP contribution in [-0.2, 0) is 6.54 Å². The number of aryl methyl sites for hydroxylation is 1. The number of alkyl halides is 2. The Kier molecular flexibility index (Phi) is 4.19. The van der Waals surface area contributed by atoms with E-state index in [4.69, 9.17) is 0 Å². The smallest absolute Gasteiger partial charge is 0.318 e. The molecule has 0 bridgehead atoms. The molecule has 7 heteroatoms. The molecule has 1 aliphatic heterocycles. The average molecular weight is 325 g/mol. The van der Waals surface area contributed by atoms with Gasteiger partial charge in [0.1, 0.15) is 5.82 Å². The van der Waals surface area contributed by atoms with E-state index in [0.29, 0.717) is 36.0 Å². The van der Waals surface area contributed by atoms with Gasteiger partial charge in [0.15, 0.2) is 0 Å². The molecule has 2 heterocycles. The molecule has 0 aliphatic carbocycles. The number of fused-ring (bicyclic) bond motifs is 1. The highest BCUT2D eigenvalue weighted by atomic mass is 19.3. The van der Waals surface area contributed by atoms with Crippen molar-refractivity contribution in [2.75, 3.05) is 6.54 Å². The summed E-state index contributed by atoms with van der Waals surface area (Å²) in [6, 6.07) is 3.37. The molecule has 0 saturated carbocycles. The number of carbonyl (C=O) groups is 1. The highest BCUT2D eigenvalue weighted by molar-refractivity contribution is 5.81. The number of nitrogens with one attached hydrogen (secondary N) is 2. The quantitative estimate of drug-likeness (QED) is 0.891. The van der Waals surface area contributed by atoms with E-state index >= 15 is 0 Å². The van der Waals surface area contributed by atoms with E-state index in [9.17, 15) is 18.0 Å². The minimum atomic E-state index is -2.53. The highest BCUT2D eigenvalue weighted by Crippen LogP contribution is 2.23. The topological polar surface area (TPSA) is 48.1 Å². The Hall–Kier alpha value is -2.18. The minimum Gasteiger partial charge on any atom is -0.357 e. The molecule has 0 radical (unpaired) electrons. The number of halogens is 3. The number of hydrogen-bond acceptors (Lipinski definition) is 1. The van der Waals surface area contributed by atoms with Crippen molar-refractivity contribution in [2.24, 2.45) is 0 Å². The molecule has 1 fully saturated rings. The molecule has 1 unspecified atom stereocenters. The number of benzene rings is 1. The number of urea groups is 1. The summed E-state index contributed by atoms with van der Waals surface area (Å²) in [6.07, 6.45) is -1.61. The lowest BCUT2D eigenvalue weighted by atomic mass is 10.2. The van der Waals surface area contributed by atoms with E-state index in [1.165, 1.54) is 11.0 Å². The Morgan fingerprint density at radius 3 is 2.96 bits per heavy atom. The SMILES string of the molecule is Cc1cc2[nH]c(CNC(=O)N3CCCC3C(F)F)cc2cc1F. The number of carbonyl (C=O) groups excluding carboxylic acids is 1. The Morgan fingerprint density at radius 1 is 1.43 bits per heavy atom. The molecule has 3 rings (SSSR count). The van der Waals surface area contributed by atoms with Crippen LogP contribution in [-0.4, -0.2) is 34.9 Å². The fraction of sp³-hybridized carbons (Fsp3) is 0.438. The zero-order valence-electron chi connectivity index (χ0n) is 12.7. The molecule has 23 heavy (non-hydrogen) atoms. The van der Waals surface area contributed by atoms with Gasteiger partial charge in [-0.25, -0.2) is 18.0 Å². The number of rotatable bonds is 3. The largest absolute Gasteiger partial charge is 0.357 e. The number of H-pyrrole nitrogens is 1. The molecule has 2 amide bonds. The second-order valence-corrected chi connectivity index (χ2v) is 5.88. The van der Waals surface area contributed by atoms with Gasteiger partial charge in [-0.15, -0.1) is 0 Å². The van der Waals surface area contributed by atoms with Gasteiger partial charge in [-0.1, -0.05) is 0 Å². The molecule has 124 valence electrons. The lowest BCUT2D eigenvalue weighted by Crippen LogP contribution is -2.45. The molecule has 1 aliphatic rings. The summed E-state index contributed by atoms with van der Waals surface area (Å²) >= 11 is 0. The minimum absolute atomic E-state index is 0.181. The average Bonchev–Trinajstić information content (AvgIpc) is 3.11. The van der Waals surface area contributed by atoms with Crippen LogP contribution in [0.4, 0.5) is 18.0 Å². The first kappa shape index (κ1) is 15.7. The van der Waals surface area contributed by atoms with E-state index < -0.39 is 18.5 Å². The second kappa shape index (κ2) is 6.14. The first-order valence-corrected chi connectivity index (χ1v) is 7.56.